The van der Waals surface area contributed by atoms with Crippen LogP contribution in [0, 0.1) is 0 Å². The van der Waals surface area contributed by atoms with Gasteiger partial charge in [-0.2, -0.15) is 0 Å². The van der Waals surface area contributed by atoms with Gasteiger partial charge >= 0.3 is 0 Å². The van der Waals surface area contributed by atoms with Crippen molar-refractivity contribution in [3.05, 3.63) is 29.8 Å². The Morgan fingerprint density at radius 2 is 2.22 bits per heavy atom. The van der Waals surface area contributed by atoms with Gasteiger partial charge in [0.1, 0.15) is 0 Å². The molecule has 2 rings (SSSR count). The Kier molecular flexibility index (Phi) is 5.83. The van der Waals surface area contributed by atoms with Gasteiger partial charge in [-0.1, -0.05) is 18.2 Å². The number of halogens is 1. The van der Waals surface area contributed by atoms with Gasteiger partial charge in [0.15, 0.2) is 0 Å². The average molecular weight is 286 g/mol. The van der Waals surface area contributed by atoms with Crippen molar-refractivity contribution in [2.24, 2.45) is 0 Å². The van der Waals surface area contributed by atoms with Crippen molar-refractivity contribution in [2.75, 3.05) is 39.2 Å². The predicted molar refractivity (Wildman–Crippen MR) is 78.8 cm³/mol. The van der Waals surface area contributed by atoms with Crippen LogP contribution in [0.5, 0.6) is 0 Å². The van der Waals surface area contributed by atoms with E-state index in [1.807, 2.05) is 11.8 Å². The van der Waals surface area contributed by atoms with Crippen LogP contribution in [0.15, 0.2) is 29.2 Å². The highest BCUT2D eigenvalue weighted by Crippen LogP contribution is 2.36. The van der Waals surface area contributed by atoms with Gasteiger partial charge in [0, 0.05) is 42.8 Å². The molecule has 18 heavy (non-hydrogen) atoms. The molecule has 1 unspecified atom stereocenters. The highest BCUT2D eigenvalue weighted by molar-refractivity contribution is 8.00. The fourth-order valence-electron chi connectivity index (χ4n) is 2.28. The molecule has 0 radical (unpaired) electrons. The molecule has 0 spiro atoms. The molecule has 1 heterocycles. The molecule has 0 saturated heterocycles. The molecule has 0 fully saturated rings. The number of hydrogen-bond acceptors (Lipinski definition) is 3. The molecule has 0 saturated carbocycles. The number of benzene rings is 1. The Balaban J connectivity index is 1.86. The van der Waals surface area contributed by atoms with Crippen LogP contribution in [0.25, 0.3) is 0 Å². The van der Waals surface area contributed by atoms with Gasteiger partial charge in [-0.25, -0.2) is 0 Å². The Hall–Kier alpha value is -0.220. The molecule has 0 bridgehead atoms. The van der Waals surface area contributed by atoms with Gasteiger partial charge in [-0.05, 0) is 18.1 Å². The molecule has 2 nitrogen and oxygen atoms in total. The number of fused-ring (bicyclic) bond motifs is 1. The fraction of sp³-hybridized carbons (Fsp3) is 0.571. The van der Waals surface area contributed by atoms with Gasteiger partial charge in [0.2, 0.25) is 0 Å². The molecular formula is C14H20ClNOS. The molecule has 4 heteroatoms. The fourth-order valence-corrected chi connectivity index (χ4v) is 3.88. The summed E-state index contributed by atoms with van der Waals surface area (Å²) in [4.78, 5) is 3.85. The van der Waals surface area contributed by atoms with Crippen molar-refractivity contribution < 1.29 is 4.74 Å². The first-order chi connectivity index (χ1) is 8.83. The number of hydrogen-bond donors (Lipinski definition) is 0. The normalized spacial score (nSPS) is 18.3. The summed E-state index contributed by atoms with van der Waals surface area (Å²) in [6, 6.07) is 8.71. The van der Waals surface area contributed by atoms with E-state index >= 15 is 0 Å². The maximum Gasteiger partial charge on any atom is 0.0589 e. The molecule has 0 N–H and O–H groups in total. The lowest BCUT2D eigenvalue weighted by Gasteiger charge is -2.23. The van der Waals surface area contributed by atoms with Crippen LogP contribution in [0.4, 0.5) is 0 Å². The summed E-state index contributed by atoms with van der Waals surface area (Å²) in [5, 5.41) is 0.655. The van der Waals surface area contributed by atoms with Crippen LogP contribution in [0.3, 0.4) is 0 Å². The van der Waals surface area contributed by atoms with Crippen molar-refractivity contribution >= 4 is 23.4 Å². The Morgan fingerprint density at radius 1 is 1.39 bits per heavy atom. The second-order valence-corrected chi connectivity index (χ2v) is 6.25. The highest BCUT2D eigenvalue weighted by Gasteiger charge is 2.23. The number of rotatable bonds is 7. The smallest absolute Gasteiger partial charge is 0.0589 e. The maximum absolute atomic E-state index is 5.86. The minimum atomic E-state index is 0.655. The Morgan fingerprint density at radius 3 is 2.94 bits per heavy atom. The quantitative estimate of drug-likeness (QED) is 0.715. The summed E-state index contributed by atoms with van der Waals surface area (Å²) in [5.74, 6) is 0.689. The molecule has 1 aliphatic heterocycles. The lowest BCUT2D eigenvalue weighted by molar-refractivity contribution is 0.151. The lowest BCUT2D eigenvalue weighted by atomic mass is 10.1. The van der Waals surface area contributed by atoms with E-state index in [2.05, 4.69) is 29.2 Å². The van der Waals surface area contributed by atoms with E-state index in [9.17, 15) is 0 Å². The molecule has 0 amide bonds. The zero-order valence-electron chi connectivity index (χ0n) is 10.8. The van der Waals surface area contributed by atoms with Crippen molar-refractivity contribution in [1.82, 2.24) is 4.90 Å². The first-order valence-corrected chi connectivity index (χ1v) is 7.76. The lowest BCUT2D eigenvalue weighted by Crippen LogP contribution is -2.35. The van der Waals surface area contributed by atoms with E-state index in [0.29, 0.717) is 11.1 Å². The maximum atomic E-state index is 5.86. The van der Waals surface area contributed by atoms with Crippen molar-refractivity contribution in [1.29, 1.82) is 0 Å². The van der Waals surface area contributed by atoms with Gasteiger partial charge in [-0.3, -0.25) is 4.90 Å². The third kappa shape index (κ3) is 3.89. The zero-order chi connectivity index (χ0) is 12.8. The third-order valence-corrected chi connectivity index (χ3v) is 4.66. The number of methoxy groups -OCH3 is 1. The van der Waals surface area contributed by atoms with E-state index in [1.165, 1.54) is 16.9 Å². The summed E-state index contributed by atoms with van der Waals surface area (Å²) in [6.07, 6.45) is 1.17. The SMILES string of the molecule is COCCN(CCCl)CC1Cc2ccccc2S1. The van der Waals surface area contributed by atoms with Crippen molar-refractivity contribution in [2.45, 2.75) is 16.6 Å². The van der Waals surface area contributed by atoms with Crippen LogP contribution < -0.4 is 0 Å². The molecule has 0 aromatic heterocycles. The van der Waals surface area contributed by atoms with E-state index in [4.69, 9.17) is 16.3 Å². The van der Waals surface area contributed by atoms with Gasteiger partial charge in [-0.15, -0.1) is 23.4 Å². The monoisotopic (exact) mass is 285 g/mol. The van der Waals surface area contributed by atoms with Gasteiger partial charge < -0.3 is 4.74 Å². The highest BCUT2D eigenvalue weighted by atomic mass is 35.5. The van der Waals surface area contributed by atoms with Crippen LogP contribution in [0.1, 0.15) is 5.56 Å². The minimum absolute atomic E-state index is 0.655. The second-order valence-electron chi connectivity index (χ2n) is 4.53. The van der Waals surface area contributed by atoms with Crippen molar-refractivity contribution in [3.63, 3.8) is 0 Å². The second kappa shape index (κ2) is 7.39. The summed E-state index contributed by atoms with van der Waals surface area (Å²) in [6.45, 7) is 3.78. The first-order valence-electron chi connectivity index (χ1n) is 6.35. The summed E-state index contributed by atoms with van der Waals surface area (Å²) in [5.41, 5.74) is 1.49. The third-order valence-electron chi connectivity index (χ3n) is 3.19. The number of thioether (sulfide) groups is 1. The standard InChI is InChI=1S/C14H20ClNOS/c1-17-9-8-16(7-6-15)11-13-10-12-4-2-3-5-14(12)18-13/h2-5,13H,6-11H2,1H3. The van der Waals surface area contributed by atoms with E-state index in [1.54, 1.807) is 7.11 Å². The summed E-state index contributed by atoms with van der Waals surface area (Å²) >= 11 is 7.86. The number of nitrogens with zero attached hydrogens (tertiary/aromatic N) is 1. The Labute approximate surface area is 119 Å². The molecular weight excluding hydrogens is 266 g/mol. The van der Waals surface area contributed by atoms with E-state index in [0.717, 1.165) is 26.2 Å². The zero-order valence-corrected chi connectivity index (χ0v) is 12.3. The molecule has 100 valence electrons. The summed E-state index contributed by atoms with van der Waals surface area (Å²) in [7, 11) is 1.75. The topological polar surface area (TPSA) is 12.5 Å². The van der Waals surface area contributed by atoms with Crippen LogP contribution in [-0.4, -0.2) is 49.4 Å². The first kappa shape index (κ1) is 14.2. The minimum Gasteiger partial charge on any atom is -0.383 e. The van der Waals surface area contributed by atoms with Crippen LogP contribution >= 0.6 is 23.4 Å². The predicted octanol–water partition coefficient (Wildman–Crippen LogP) is 2.89. The molecule has 1 aromatic carbocycles. The van der Waals surface area contributed by atoms with Gasteiger partial charge in [0.25, 0.3) is 0 Å². The van der Waals surface area contributed by atoms with Crippen LogP contribution in [0.2, 0.25) is 0 Å². The van der Waals surface area contributed by atoms with Crippen molar-refractivity contribution in [3.8, 4) is 0 Å². The van der Waals surface area contributed by atoms with E-state index < -0.39 is 0 Å². The number of ether oxygens (including phenoxy) is 1. The molecule has 0 aliphatic carbocycles. The molecule has 1 atom stereocenters. The van der Waals surface area contributed by atoms with Crippen LogP contribution in [-0.2, 0) is 11.2 Å². The average Bonchev–Trinajstić information content (AvgIpc) is 2.78. The molecule has 1 aliphatic rings. The van der Waals surface area contributed by atoms with E-state index in [-0.39, 0.29) is 0 Å². The van der Waals surface area contributed by atoms with Gasteiger partial charge in [0.05, 0.1) is 6.61 Å². The summed E-state index contributed by atoms with van der Waals surface area (Å²) < 4.78 is 5.15. The largest absolute Gasteiger partial charge is 0.383 e. The Bertz CT molecular complexity index is 350. The molecule has 1 aromatic rings. The number of alkyl halides is 1.